The lowest BCUT2D eigenvalue weighted by atomic mass is 9.94. The standard InChI is InChI=1S/C14H26N2O3/c1-3-16(10-9-14(18)19)11-13(17)15(2)12-7-5-4-6-8-12/h12H,3-11H2,1-2H3,(H,18,19). The zero-order valence-corrected chi connectivity index (χ0v) is 12.1. The van der Waals surface area contributed by atoms with Gasteiger partial charge in [-0.15, -0.1) is 0 Å². The first-order chi connectivity index (χ1) is 9.04. The lowest BCUT2D eigenvalue weighted by Gasteiger charge is -2.32. The molecular weight excluding hydrogens is 244 g/mol. The molecule has 1 amide bonds. The third kappa shape index (κ3) is 5.59. The number of amides is 1. The third-order valence-electron chi connectivity index (χ3n) is 3.96. The van der Waals surface area contributed by atoms with E-state index < -0.39 is 5.97 Å². The molecule has 1 aliphatic rings. The number of carboxylic acid groups (broad SMARTS) is 1. The zero-order chi connectivity index (χ0) is 14.3. The van der Waals surface area contributed by atoms with E-state index in [-0.39, 0.29) is 12.3 Å². The number of carbonyl (C=O) groups excluding carboxylic acids is 1. The predicted octanol–water partition coefficient (Wildman–Crippen LogP) is 1.57. The highest BCUT2D eigenvalue weighted by atomic mass is 16.4. The van der Waals surface area contributed by atoms with Crippen LogP contribution in [0.25, 0.3) is 0 Å². The van der Waals surface area contributed by atoms with E-state index in [1.165, 1.54) is 19.3 Å². The monoisotopic (exact) mass is 270 g/mol. The molecule has 1 rings (SSSR count). The summed E-state index contributed by atoms with van der Waals surface area (Å²) in [6, 6.07) is 0.374. The van der Waals surface area contributed by atoms with Crippen molar-refractivity contribution in [2.75, 3.05) is 26.7 Å². The number of nitrogens with zero attached hydrogens (tertiary/aromatic N) is 2. The quantitative estimate of drug-likeness (QED) is 0.763. The minimum Gasteiger partial charge on any atom is -0.481 e. The van der Waals surface area contributed by atoms with Crippen molar-refractivity contribution in [3.05, 3.63) is 0 Å². The van der Waals surface area contributed by atoms with Crippen molar-refractivity contribution in [1.29, 1.82) is 0 Å². The second-order valence-corrected chi connectivity index (χ2v) is 5.31. The first-order valence-corrected chi connectivity index (χ1v) is 7.24. The van der Waals surface area contributed by atoms with Gasteiger partial charge in [0.2, 0.25) is 5.91 Å². The number of carbonyl (C=O) groups is 2. The fraction of sp³-hybridized carbons (Fsp3) is 0.857. The average molecular weight is 270 g/mol. The van der Waals surface area contributed by atoms with E-state index >= 15 is 0 Å². The van der Waals surface area contributed by atoms with Crippen LogP contribution >= 0.6 is 0 Å². The molecule has 0 aromatic heterocycles. The number of aliphatic carboxylic acids is 1. The molecule has 0 saturated heterocycles. The van der Waals surface area contributed by atoms with Gasteiger partial charge < -0.3 is 10.0 Å². The van der Waals surface area contributed by atoms with Crippen LogP contribution in [0.3, 0.4) is 0 Å². The average Bonchev–Trinajstić information content (AvgIpc) is 2.43. The molecule has 0 heterocycles. The minimum absolute atomic E-state index is 0.0915. The molecule has 0 radical (unpaired) electrons. The van der Waals surface area contributed by atoms with E-state index in [1.807, 2.05) is 23.8 Å². The van der Waals surface area contributed by atoms with Gasteiger partial charge in [0.15, 0.2) is 0 Å². The molecule has 0 atom stereocenters. The van der Waals surface area contributed by atoms with Crippen LogP contribution in [0.1, 0.15) is 45.4 Å². The first-order valence-electron chi connectivity index (χ1n) is 7.24. The topological polar surface area (TPSA) is 60.9 Å². The van der Waals surface area contributed by atoms with E-state index in [1.54, 1.807) is 0 Å². The molecule has 0 spiro atoms. The van der Waals surface area contributed by atoms with Gasteiger partial charge in [-0.25, -0.2) is 0 Å². The van der Waals surface area contributed by atoms with Crippen LogP contribution in [-0.2, 0) is 9.59 Å². The molecule has 0 aromatic carbocycles. The zero-order valence-electron chi connectivity index (χ0n) is 12.1. The molecule has 19 heavy (non-hydrogen) atoms. The van der Waals surface area contributed by atoms with Gasteiger partial charge in [0.25, 0.3) is 0 Å². The fourth-order valence-corrected chi connectivity index (χ4v) is 2.58. The predicted molar refractivity (Wildman–Crippen MR) is 74.0 cm³/mol. The fourth-order valence-electron chi connectivity index (χ4n) is 2.58. The Morgan fingerprint density at radius 2 is 1.84 bits per heavy atom. The van der Waals surface area contributed by atoms with Gasteiger partial charge in [0, 0.05) is 19.6 Å². The van der Waals surface area contributed by atoms with Crippen LogP contribution in [0.5, 0.6) is 0 Å². The Morgan fingerprint density at radius 3 is 2.37 bits per heavy atom. The molecule has 1 N–H and O–H groups in total. The van der Waals surface area contributed by atoms with Crippen molar-refractivity contribution in [3.63, 3.8) is 0 Å². The Morgan fingerprint density at radius 1 is 1.21 bits per heavy atom. The van der Waals surface area contributed by atoms with Gasteiger partial charge in [-0.05, 0) is 19.4 Å². The van der Waals surface area contributed by atoms with E-state index in [2.05, 4.69) is 0 Å². The number of hydrogen-bond donors (Lipinski definition) is 1. The molecule has 110 valence electrons. The molecule has 0 aliphatic heterocycles. The van der Waals surface area contributed by atoms with Crippen LogP contribution in [-0.4, -0.2) is 59.5 Å². The van der Waals surface area contributed by atoms with Crippen molar-refractivity contribution >= 4 is 11.9 Å². The summed E-state index contributed by atoms with van der Waals surface area (Å²) in [5, 5.41) is 8.68. The van der Waals surface area contributed by atoms with E-state index in [0.717, 1.165) is 12.8 Å². The van der Waals surface area contributed by atoms with Gasteiger partial charge in [-0.1, -0.05) is 26.2 Å². The maximum absolute atomic E-state index is 12.2. The Balaban J connectivity index is 2.39. The smallest absolute Gasteiger partial charge is 0.304 e. The second-order valence-electron chi connectivity index (χ2n) is 5.31. The summed E-state index contributed by atoms with van der Waals surface area (Å²) in [5.41, 5.74) is 0. The van der Waals surface area contributed by atoms with Crippen LogP contribution in [0.4, 0.5) is 0 Å². The Bertz CT molecular complexity index is 301. The summed E-state index contributed by atoms with van der Waals surface area (Å²) in [7, 11) is 1.88. The first kappa shape index (κ1) is 16.0. The Labute approximate surface area is 115 Å². The molecule has 5 heteroatoms. The molecule has 1 saturated carbocycles. The van der Waals surface area contributed by atoms with Gasteiger partial charge >= 0.3 is 5.97 Å². The molecule has 0 unspecified atom stereocenters. The highest BCUT2D eigenvalue weighted by Gasteiger charge is 2.23. The van der Waals surface area contributed by atoms with Crippen LogP contribution in [0.2, 0.25) is 0 Å². The van der Waals surface area contributed by atoms with E-state index in [4.69, 9.17) is 5.11 Å². The normalized spacial score (nSPS) is 16.6. The lowest BCUT2D eigenvalue weighted by Crippen LogP contribution is -2.44. The van der Waals surface area contributed by atoms with Crippen molar-refractivity contribution in [2.45, 2.75) is 51.5 Å². The second kappa shape index (κ2) is 8.15. The molecule has 0 bridgehead atoms. The maximum atomic E-state index is 12.2. The summed E-state index contributed by atoms with van der Waals surface area (Å²) >= 11 is 0. The van der Waals surface area contributed by atoms with Crippen molar-refractivity contribution < 1.29 is 14.7 Å². The maximum Gasteiger partial charge on any atom is 0.304 e. The summed E-state index contributed by atoms with van der Waals surface area (Å²) in [6.07, 6.45) is 5.98. The molecule has 1 aliphatic carbocycles. The molecule has 1 fully saturated rings. The SMILES string of the molecule is CCN(CCC(=O)O)CC(=O)N(C)C1CCCCC1. The van der Waals surface area contributed by atoms with Gasteiger partial charge in [-0.2, -0.15) is 0 Å². The highest BCUT2D eigenvalue weighted by Crippen LogP contribution is 2.21. The van der Waals surface area contributed by atoms with Crippen LogP contribution < -0.4 is 0 Å². The summed E-state index contributed by atoms with van der Waals surface area (Å²) < 4.78 is 0. The summed E-state index contributed by atoms with van der Waals surface area (Å²) in [4.78, 5) is 26.5. The molecular formula is C14H26N2O3. The van der Waals surface area contributed by atoms with Crippen LogP contribution in [0.15, 0.2) is 0 Å². The number of carboxylic acids is 1. The number of rotatable bonds is 7. The minimum atomic E-state index is -0.813. The van der Waals surface area contributed by atoms with Crippen molar-refractivity contribution in [3.8, 4) is 0 Å². The number of likely N-dealkylation sites (N-methyl/N-ethyl adjacent to an activating group) is 2. The van der Waals surface area contributed by atoms with E-state index in [0.29, 0.717) is 25.7 Å². The van der Waals surface area contributed by atoms with Gasteiger partial charge in [0.1, 0.15) is 0 Å². The van der Waals surface area contributed by atoms with E-state index in [9.17, 15) is 9.59 Å². The molecule has 5 nitrogen and oxygen atoms in total. The highest BCUT2D eigenvalue weighted by molar-refractivity contribution is 5.78. The van der Waals surface area contributed by atoms with Crippen molar-refractivity contribution in [2.24, 2.45) is 0 Å². The Kier molecular flexibility index (Phi) is 6.84. The third-order valence-corrected chi connectivity index (χ3v) is 3.96. The summed E-state index contributed by atoms with van der Waals surface area (Å²) in [5.74, 6) is -0.703. The lowest BCUT2D eigenvalue weighted by molar-refractivity contribution is -0.139. The molecule has 0 aromatic rings. The van der Waals surface area contributed by atoms with Gasteiger partial charge in [-0.3, -0.25) is 14.5 Å². The summed E-state index contributed by atoms with van der Waals surface area (Å²) in [6.45, 7) is 3.43. The Hall–Kier alpha value is -1.10. The van der Waals surface area contributed by atoms with Crippen molar-refractivity contribution in [1.82, 2.24) is 9.80 Å². The largest absolute Gasteiger partial charge is 0.481 e. The number of hydrogen-bond acceptors (Lipinski definition) is 3. The van der Waals surface area contributed by atoms with Crippen LogP contribution in [0, 0.1) is 0 Å². The van der Waals surface area contributed by atoms with Gasteiger partial charge in [0.05, 0.1) is 13.0 Å².